The second-order valence-corrected chi connectivity index (χ2v) is 6.16. The molecule has 0 aliphatic carbocycles. The van der Waals surface area contributed by atoms with Gasteiger partial charge in [0.25, 0.3) is 5.69 Å². The Hall–Kier alpha value is -3.21. The highest BCUT2D eigenvalue weighted by Gasteiger charge is 2.16. The topological polar surface area (TPSA) is 120 Å². The Kier molecular flexibility index (Phi) is 5.27. The van der Waals surface area contributed by atoms with Gasteiger partial charge in [0.15, 0.2) is 0 Å². The fraction of sp³-hybridized carbons (Fsp3) is 0.200. The summed E-state index contributed by atoms with van der Waals surface area (Å²) in [6.07, 6.45) is 1.56. The third-order valence-corrected chi connectivity index (χ3v) is 4.47. The molecule has 0 atom stereocenters. The molecular weight excluding hydrogens is 360 g/mol. The number of hydrogen-bond donors (Lipinski definition) is 0. The molecule has 11 heteroatoms. The van der Waals surface area contributed by atoms with Gasteiger partial charge in [-0.05, 0) is 34.7 Å². The van der Waals surface area contributed by atoms with Crippen LogP contribution in [0, 0.1) is 10.1 Å². The van der Waals surface area contributed by atoms with E-state index in [1.807, 2.05) is 6.07 Å². The van der Waals surface area contributed by atoms with Crippen molar-refractivity contribution in [3.63, 3.8) is 0 Å². The zero-order valence-corrected chi connectivity index (χ0v) is 14.5. The van der Waals surface area contributed by atoms with Crippen molar-refractivity contribution in [1.29, 1.82) is 0 Å². The first kappa shape index (κ1) is 17.6. The Morgan fingerprint density at radius 2 is 2.12 bits per heavy atom. The second-order valence-electron chi connectivity index (χ2n) is 5.21. The molecular formula is C15H14N6O4S. The number of rotatable bonds is 7. The maximum Gasteiger partial charge on any atom is 0.269 e. The highest BCUT2D eigenvalue weighted by atomic mass is 32.2. The Morgan fingerprint density at radius 1 is 1.35 bits per heavy atom. The van der Waals surface area contributed by atoms with Crippen LogP contribution in [0.15, 0.2) is 52.2 Å². The molecule has 2 heterocycles. The van der Waals surface area contributed by atoms with Crippen molar-refractivity contribution in [3.8, 4) is 0 Å². The lowest BCUT2D eigenvalue weighted by molar-refractivity contribution is -0.384. The van der Waals surface area contributed by atoms with Gasteiger partial charge in [0.05, 0.1) is 16.9 Å². The molecule has 0 saturated heterocycles. The third kappa shape index (κ3) is 4.06. The molecule has 0 spiro atoms. The van der Waals surface area contributed by atoms with E-state index in [0.717, 1.165) is 0 Å². The molecule has 10 nitrogen and oxygen atoms in total. The predicted octanol–water partition coefficient (Wildman–Crippen LogP) is 1.98. The molecule has 0 fully saturated rings. The summed E-state index contributed by atoms with van der Waals surface area (Å²) in [7, 11) is 1.61. The highest BCUT2D eigenvalue weighted by molar-refractivity contribution is 7.99. The summed E-state index contributed by atoms with van der Waals surface area (Å²) in [5.74, 6) is 0.635. The molecule has 0 N–H and O–H groups in total. The van der Waals surface area contributed by atoms with Crippen molar-refractivity contribution in [3.05, 3.63) is 58.5 Å². The van der Waals surface area contributed by atoms with Gasteiger partial charge in [-0.15, -0.1) is 5.10 Å². The van der Waals surface area contributed by atoms with Crippen LogP contribution in [-0.2, 0) is 11.3 Å². The number of carbonyl (C=O) groups excluding carboxylic acids is 1. The largest absolute Gasteiger partial charge is 0.467 e. The summed E-state index contributed by atoms with van der Waals surface area (Å²) < 4.78 is 6.81. The minimum Gasteiger partial charge on any atom is -0.467 e. The van der Waals surface area contributed by atoms with E-state index in [1.165, 1.54) is 40.9 Å². The molecule has 1 amide bonds. The molecule has 26 heavy (non-hydrogen) atoms. The van der Waals surface area contributed by atoms with Crippen molar-refractivity contribution in [2.45, 2.75) is 11.7 Å². The number of benzene rings is 1. The van der Waals surface area contributed by atoms with Gasteiger partial charge in [-0.2, -0.15) is 0 Å². The first-order valence-electron chi connectivity index (χ1n) is 7.47. The van der Waals surface area contributed by atoms with E-state index < -0.39 is 4.92 Å². The summed E-state index contributed by atoms with van der Waals surface area (Å²) in [5, 5.41) is 22.6. The molecule has 0 saturated carbocycles. The molecule has 3 aromatic rings. The lowest BCUT2D eigenvalue weighted by Crippen LogP contribution is -2.28. The molecule has 3 rings (SSSR count). The summed E-state index contributed by atoms with van der Waals surface area (Å²) in [6.45, 7) is 0.370. The number of nitro benzene ring substituents is 1. The molecule has 0 radical (unpaired) electrons. The van der Waals surface area contributed by atoms with Crippen LogP contribution in [0.3, 0.4) is 0 Å². The zero-order chi connectivity index (χ0) is 18.5. The Labute approximate surface area is 151 Å². The lowest BCUT2D eigenvalue weighted by atomic mass is 10.2. The molecule has 2 aromatic heterocycles. The van der Waals surface area contributed by atoms with Crippen LogP contribution in [0.4, 0.5) is 11.4 Å². The van der Waals surface area contributed by atoms with Gasteiger partial charge in [-0.1, -0.05) is 11.8 Å². The molecule has 0 bridgehead atoms. The molecule has 1 aromatic carbocycles. The first-order valence-corrected chi connectivity index (χ1v) is 8.45. The highest BCUT2D eigenvalue weighted by Crippen LogP contribution is 2.21. The van der Waals surface area contributed by atoms with Crippen molar-refractivity contribution < 1.29 is 14.1 Å². The smallest absolute Gasteiger partial charge is 0.269 e. The lowest BCUT2D eigenvalue weighted by Gasteiger charge is -2.16. The van der Waals surface area contributed by atoms with Gasteiger partial charge in [0.2, 0.25) is 11.1 Å². The zero-order valence-electron chi connectivity index (χ0n) is 13.7. The maximum absolute atomic E-state index is 12.4. The number of hydrogen-bond acceptors (Lipinski definition) is 8. The number of tetrazole rings is 1. The average molecular weight is 374 g/mol. The fourth-order valence-corrected chi connectivity index (χ4v) is 2.90. The van der Waals surface area contributed by atoms with Gasteiger partial charge in [-0.3, -0.25) is 14.9 Å². The van der Waals surface area contributed by atoms with Crippen molar-refractivity contribution in [2.24, 2.45) is 0 Å². The van der Waals surface area contributed by atoms with Gasteiger partial charge >= 0.3 is 0 Å². The first-order chi connectivity index (χ1) is 12.5. The number of carbonyl (C=O) groups is 1. The van der Waals surface area contributed by atoms with E-state index in [9.17, 15) is 14.9 Å². The summed E-state index contributed by atoms with van der Waals surface area (Å²) in [4.78, 5) is 24.0. The van der Waals surface area contributed by atoms with E-state index >= 15 is 0 Å². The fourth-order valence-electron chi connectivity index (χ4n) is 2.11. The van der Waals surface area contributed by atoms with E-state index in [0.29, 0.717) is 23.1 Å². The van der Waals surface area contributed by atoms with Crippen LogP contribution in [0.5, 0.6) is 0 Å². The number of non-ortho nitro benzene ring substituents is 1. The van der Waals surface area contributed by atoms with Crippen molar-refractivity contribution in [2.75, 3.05) is 17.7 Å². The molecule has 0 aliphatic heterocycles. The van der Waals surface area contributed by atoms with Crippen LogP contribution in [-0.4, -0.2) is 43.8 Å². The summed E-state index contributed by atoms with van der Waals surface area (Å²) >= 11 is 1.20. The average Bonchev–Trinajstić information content (AvgIpc) is 3.31. The minimum atomic E-state index is -0.486. The van der Waals surface area contributed by atoms with Gasteiger partial charge in [0.1, 0.15) is 12.3 Å². The number of nitro groups is 1. The predicted molar refractivity (Wildman–Crippen MR) is 92.9 cm³/mol. The monoisotopic (exact) mass is 374 g/mol. The summed E-state index contributed by atoms with van der Waals surface area (Å²) in [6, 6.07) is 9.36. The van der Waals surface area contributed by atoms with Gasteiger partial charge < -0.3 is 9.32 Å². The van der Waals surface area contributed by atoms with Crippen LogP contribution in [0.25, 0.3) is 0 Å². The SMILES string of the molecule is CN(C(=O)CSc1nnnn1Cc1ccco1)c1ccc([N+](=O)[O-])cc1. The molecule has 134 valence electrons. The number of nitrogens with zero attached hydrogens (tertiary/aromatic N) is 6. The van der Waals surface area contributed by atoms with Gasteiger partial charge in [-0.25, -0.2) is 4.68 Å². The number of thioether (sulfide) groups is 1. The van der Waals surface area contributed by atoms with E-state index in [1.54, 1.807) is 24.1 Å². The molecule has 0 aliphatic rings. The normalized spacial score (nSPS) is 10.7. The van der Waals surface area contributed by atoms with Crippen molar-refractivity contribution in [1.82, 2.24) is 20.2 Å². The Balaban J connectivity index is 1.60. The second kappa shape index (κ2) is 7.78. The standard InChI is InChI=1S/C15H14N6O4S/c1-19(11-4-6-12(7-5-11)21(23)24)14(22)10-26-15-16-17-18-20(15)9-13-3-2-8-25-13/h2-8H,9-10H2,1H3. The maximum atomic E-state index is 12.4. The van der Waals surface area contributed by atoms with E-state index in [-0.39, 0.29) is 17.3 Å². The number of furan rings is 1. The third-order valence-electron chi connectivity index (χ3n) is 3.53. The number of amides is 1. The quantitative estimate of drug-likeness (QED) is 0.350. The Morgan fingerprint density at radius 3 is 2.77 bits per heavy atom. The number of anilines is 1. The van der Waals surface area contributed by atoms with E-state index in [4.69, 9.17) is 4.42 Å². The van der Waals surface area contributed by atoms with Crippen LogP contribution in [0.2, 0.25) is 0 Å². The van der Waals surface area contributed by atoms with Crippen LogP contribution in [0.1, 0.15) is 5.76 Å². The number of aromatic nitrogens is 4. The van der Waals surface area contributed by atoms with Crippen LogP contribution >= 0.6 is 11.8 Å². The van der Waals surface area contributed by atoms with Gasteiger partial charge in [0, 0.05) is 24.9 Å². The van der Waals surface area contributed by atoms with E-state index in [2.05, 4.69) is 15.5 Å². The van der Waals surface area contributed by atoms with Crippen LogP contribution < -0.4 is 4.90 Å². The van der Waals surface area contributed by atoms with Crippen molar-refractivity contribution >= 4 is 29.0 Å². The minimum absolute atomic E-state index is 0.0268. The molecule has 0 unspecified atom stereocenters. The summed E-state index contributed by atoms with van der Waals surface area (Å²) in [5.41, 5.74) is 0.539. The Bertz CT molecular complexity index is 893.